The minimum absolute atomic E-state index is 0.000283. The largest absolute Gasteiger partial charge is 0.493 e. The fourth-order valence-electron chi connectivity index (χ4n) is 2.10. The number of aromatic amines is 1. The molecule has 6 nitrogen and oxygen atoms in total. The van der Waals surface area contributed by atoms with Gasteiger partial charge in [0, 0.05) is 18.8 Å². The lowest BCUT2D eigenvalue weighted by molar-refractivity contribution is 0.453. The Bertz CT molecular complexity index is 869. The fourth-order valence-corrected chi connectivity index (χ4v) is 2.10. The van der Waals surface area contributed by atoms with E-state index in [1.807, 2.05) is 0 Å². The van der Waals surface area contributed by atoms with Crippen LogP contribution in [-0.2, 0) is 7.05 Å². The maximum absolute atomic E-state index is 13.8. The van der Waals surface area contributed by atoms with E-state index in [9.17, 15) is 14.3 Å². The van der Waals surface area contributed by atoms with E-state index in [2.05, 4.69) is 15.1 Å². The molecule has 0 spiro atoms. The molecule has 2 heterocycles. The first-order valence-corrected chi connectivity index (χ1v) is 6.14. The van der Waals surface area contributed by atoms with Crippen LogP contribution in [0.5, 0.6) is 5.88 Å². The number of halogens is 1. The summed E-state index contributed by atoms with van der Waals surface area (Å²) in [4.78, 5) is 18.6. The summed E-state index contributed by atoms with van der Waals surface area (Å²) >= 11 is 0. The van der Waals surface area contributed by atoms with Gasteiger partial charge in [-0.3, -0.25) is 9.48 Å². The van der Waals surface area contributed by atoms with Crippen LogP contribution in [0, 0.1) is 5.82 Å². The molecule has 0 aliphatic carbocycles. The van der Waals surface area contributed by atoms with Crippen molar-refractivity contribution in [1.29, 1.82) is 0 Å². The Kier molecular flexibility index (Phi) is 3.02. The van der Waals surface area contributed by atoms with Gasteiger partial charge in [0.15, 0.2) is 5.82 Å². The van der Waals surface area contributed by atoms with Crippen LogP contribution < -0.4 is 5.56 Å². The maximum atomic E-state index is 13.8. The summed E-state index contributed by atoms with van der Waals surface area (Å²) in [5.41, 5.74) is -0.286. The molecule has 2 aromatic heterocycles. The van der Waals surface area contributed by atoms with Gasteiger partial charge in [0.1, 0.15) is 17.1 Å². The van der Waals surface area contributed by atoms with Crippen molar-refractivity contribution in [2.24, 2.45) is 7.05 Å². The molecule has 106 valence electrons. The number of nitrogens with zero attached hydrogens (tertiary/aromatic N) is 3. The number of nitrogens with one attached hydrogen (secondary N) is 1. The molecule has 0 aliphatic rings. The van der Waals surface area contributed by atoms with Gasteiger partial charge in [0.25, 0.3) is 5.56 Å². The number of aromatic hydroxyl groups is 1. The number of H-pyrrole nitrogens is 1. The Morgan fingerprint density at radius 1 is 1.29 bits per heavy atom. The van der Waals surface area contributed by atoms with E-state index < -0.39 is 17.3 Å². The SMILES string of the molecule is Cn1nccc1-c1nc(O)c(-c2ccccc2F)c(=O)[nH]1. The second kappa shape index (κ2) is 4.86. The normalized spacial score (nSPS) is 10.8. The number of aryl methyl sites for hydroxylation is 1. The topological polar surface area (TPSA) is 83.8 Å². The summed E-state index contributed by atoms with van der Waals surface area (Å²) in [6, 6.07) is 7.34. The number of hydrogen-bond acceptors (Lipinski definition) is 4. The van der Waals surface area contributed by atoms with Crippen LogP contribution in [-0.4, -0.2) is 24.9 Å². The minimum atomic E-state index is -0.621. The fraction of sp³-hybridized carbons (Fsp3) is 0.0714. The lowest BCUT2D eigenvalue weighted by Gasteiger charge is -2.07. The first-order valence-electron chi connectivity index (χ1n) is 6.14. The molecule has 3 aromatic rings. The number of benzene rings is 1. The smallest absolute Gasteiger partial charge is 0.263 e. The molecule has 0 fully saturated rings. The summed E-state index contributed by atoms with van der Waals surface area (Å²) < 4.78 is 15.3. The highest BCUT2D eigenvalue weighted by Gasteiger charge is 2.17. The average molecular weight is 286 g/mol. The number of aromatic nitrogens is 4. The van der Waals surface area contributed by atoms with E-state index in [4.69, 9.17) is 0 Å². The van der Waals surface area contributed by atoms with Gasteiger partial charge in [-0.2, -0.15) is 10.1 Å². The lowest BCUT2D eigenvalue weighted by atomic mass is 10.1. The standard InChI is InChI=1S/C14H11FN4O2/c1-19-10(6-7-16-19)12-17-13(20)11(14(21)18-12)8-4-2-3-5-9(8)15/h2-7H,1H3,(H2,17,18,20,21). The third-order valence-corrected chi connectivity index (χ3v) is 3.11. The van der Waals surface area contributed by atoms with Crippen molar-refractivity contribution in [2.75, 3.05) is 0 Å². The van der Waals surface area contributed by atoms with E-state index in [1.165, 1.54) is 29.1 Å². The Morgan fingerprint density at radius 3 is 2.67 bits per heavy atom. The molecule has 0 atom stereocenters. The third kappa shape index (κ3) is 2.18. The molecule has 0 bridgehead atoms. The van der Waals surface area contributed by atoms with Crippen molar-refractivity contribution in [2.45, 2.75) is 0 Å². The van der Waals surface area contributed by atoms with Gasteiger partial charge in [-0.05, 0) is 12.1 Å². The van der Waals surface area contributed by atoms with E-state index in [0.717, 1.165) is 0 Å². The quantitative estimate of drug-likeness (QED) is 0.750. The summed E-state index contributed by atoms with van der Waals surface area (Å²) in [7, 11) is 1.68. The van der Waals surface area contributed by atoms with Crippen molar-refractivity contribution >= 4 is 0 Å². The highest BCUT2D eigenvalue weighted by atomic mass is 19.1. The van der Waals surface area contributed by atoms with Crippen LogP contribution in [0.25, 0.3) is 22.6 Å². The minimum Gasteiger partial charge on any atom is -0.493 e. The molecular weight excluding hydrogens is 275 g/mol. The van der Waals surface area contributed by atoms with Gasteiger partial charge in [-0.1, -0.05) is 18.2 Å². The van der Waals surface area contributed by atoms with Gasteiger partial charge >= 0.3 is 0 Å². The van der Waals surface area contributed by atoms with Crippen molar-refractivity contribution < 1.29 is 9.50 Å². The van der Waals surface area contributed by atoms with Gasteiger partial charge in [-0.25, -0.2) is 4.39 Å². The Hall–Kier alpha value is -2.96. The Labute approximate surface area is 118 Å². The van der Waals surface area contributed by atoms with Crippen LogP contribution >= 0.6 is 0 Å². The average Bonchev–Trinajstić information content (AvgIpc) is 2.86. The number of hydrogen-bond donors (Lipinski definition) is 2. The zero-order valence-electron chi connectivity index (χ0n) is 11.0. The maximum Gasteiger partial charge on any atom is 0.263 e. The van der Waals surface area contributed by atoms with Gasteiger partial charge in [-0.15, -0.1) is 0 Å². The molecular formula is C14H11FN4O2. The van der Waals surface area contributed by atoms with Crippen molar-refractivity contribution in [3.63, 3.8) is 0 Å². The molecule has 0 radical (unpaired) electrons. The first kappa shape index (κ1) is 13.0. The predicted molar refractivity (Wildman–Crippen MR) is 74.1 cm³/mol. The van der Waals surface area contributed by atoms with Gasteiger partial charge in [0.2, 0.25) is 5.88 Å². The van der Waals surface area contributed by atoms with E-state index in [1.54, 1.807) is 19.2 Å². The zero-order chi connectivity index (χ0) is 15.0. The van der Waals surface area contributed by atoms with E-state index in [-0.39, 0.29) is 17.0 Å². The number of rotatable bonds is 2. The first-order chi connectivity index (χ1) is 10.1. The van der Waals surface area contributed by atoms with Crippen LogP contribution in [0.3, 0.4) is 0 Å². The summed E-state index contributed by atoms with van der Waals surface area (Å²) in [6.07, 6.45) is 1.54. The van der Waals surface area contributed by atoms with Crippen LogP contribution in [0.15, 0.2) is 41.3 Å². The van der Waals surface area contributed by atoms with Gasteiger partial charge < -0.3 is 10.1 Å². The molecule has 21 heavy (non-hydrogen) atoms. The van der Waals surface area contributed by atoms with Crippen molar-refractivity contribution in [1.82, 2.24) is 19.7 Å². The highest BCUT2D eigenvalue weighted by molar-refractivity contribution is 5.69. The van der Waals surface area contributed by atoms with E-state index in [0.29, 0.717) is 5.69 Å². The summed E-state index contributed by atoms with van der Waals surface area (Å²) in [5.74, 6) is -0.967. The second-order valence-electron chi connectivity index (χ2n) is 4.43. The van der Waals surface area contributed by atoms with Gasteiger partial charge in [0.05, 0.1) is 0 Å². The molecule has 2 N–H and O–H groups in total. The van der Waals surface area contributed by atoms with Crippen molar-refractivity contribution in [3.05, 3.63) is 52.7 Å². The molecule has 0 saturated carbocycles. The highest BCUT2D eigenvalue weighted by Crippen LogP contribution is 2.27. The van der Waals surface area contributed by atoms with Crippen LogP contribution in [0.2, 0.25) is 0 Å². The van der Waals surface area contributed by atoms with Crippen LogP contribution in [0.1, 0.15) is 0 Å². The Morgan fingerprint density at radius 2 is 2.05 bits per heavy atom. The van der Waals surface area contributed by atoms with E-state index >= 15 is 0 Å². The summed E-state index contributed by atoms with van der Waals surface area (Å²) in [6.45, 7) is 0. The monoisotopic (exact) mass is 286 g/mol. The van der Waals surface area contributed by atoms with Crippen LogP contribution in [0.4, 0.5) is 4.39 Å². The molecule has 0 aliphatic heterocycles. The molecule has 0 saturated heterocycles. The molecule has 7 heteroatoms. The third-order valence-electron chi connectivity index (χ3n) is 3.11. The molecule has 0 unspecified atom stereocenters. The second-order valence-corrected chi connectivity index (χ2v) is 4.43. The summed E-state index contributed by atoms with van der Waals surface area (Å²) in [5, 5.41) is 14.0. The Balaban J connectivity index is 2.21. The lowest BCUT2D eigenvalue weighted by Crippen LogP contribution is -2.13. The predicted octanol–water partition coefficient (Wildman–Crippen LogP) is 1.68. The zero-order valence-corrected chi connectivity index (χ0v) is 11.0. The van der Waals surface area contributed by atoms with Crippen molar-refractivity contribution in [3.8, 4) is 28.5 Å². The molecule has 0 amide bonds. The molecule has 3 rings (SSSR count). The molecule has 1 aromatic carbocycles.